The van der Waals surface area contributed by atoms with E-state index >= 15 is 0 Å². The zero-order valence-electron chi connectivity index (χ0n) is 32.0. The van der Waals surface area contributed by atoms with Gasteiger partial charge in [-0.3, -0.25) is 29.6 Å². The molecule has 0 radical (unpaired) electrons. The molecule has 0 aromatic heterocycles. The summed E-state index contributed by atoms with van der Waals surface area (Å²) in [4.78, 5) is 47.0. The van der Waals surface area contributed by atoms with Crippen molar-refractivity contribution in [1.29, 1.82) is 0 Å². The molecule has 57 heavy (non-hydrogen) atoms. The first-order valence-electron chi connectivity index (χ1n) is 18.2. The smallest absolute Gasteiger partial charge is 0.270 e. The van der Waals surface area contributed by atoms with E-state index in [0.717, 1.165) is 28.9 Å². The van der Waals surface area contributed by atoms with Gasteiger partial charge in [-0.2, -0.15) is 0 Å². The highest BCUT2D eigenvalue weighted by atomic mass is 31.0. The molecule has 2 aliphatic rings. The number of non-ortho nitro benzene ring substituents is 1. The number of nitrogens with zero attached hydrogens (tertiary/aromatic N) is 5. The molecule has 14 heteroatoms. The summed E-state index contributed by atoms with van der Waals surface area (Å²) in [6.45, 7) is 0.495. The van der Waals surface area contributed by atoms with Gasteiger partial charge in [0.2, 0.25) is 0 Å². The Balaban J connectivity index is 1.09. The van der Waals surface area contributed by atoms with Gasteiger partial charge >= 0.3 is 0 Å². The molecular formula is C43H42N5O8P. The van der Waals surface area contributed by atoms with Crippen molar-refractivity contribution >= 4 is 50.2 Å². The standard InChI is InChI=1S/C43H42N5O8P/c1-44-24-33-20-30-10-6-8-12-36(30)47(33)42(49)31-13-14-38(39(21-31)53-3)55-25-27-17-28(19-32(18-27)48(51)52)26-56-41-23-37(45(2)57)34(22-40(41)54-4)43(50)46-16-15-29-9-5-7-11-35(29)46/h5-14,17-19,21-24,33H,15-16,20,25-26,57H2,1-4H3. The van der Waals surface area contributed by atoms with Crippen molar-refractivity contribution in [3.05, 3.63) is 141 Å². The molecule has 0 N–H and O–H groups in total. The number of rotatable bonds is 13. The number of methoxy groups -OCH3 is 2. The Hall–Kier alpha value is -6.46. The topological polar surface area (TPSA) is 136 Å². The molecule has 7 rings (SSSR count). The van der Waals surface area contributed by atoms with E-state index in [2.05, 4.69) is 14.4 Å². The zero-order chi connectivity index (χ0) is 40.2. The van der Waals surface area contributed by atoms with Crippen molar-refractivity contribution in [2.24, 2.45) is 4.99 Å². The SMILES string of the molecule is CN=CC1Cc2ccccc2N1C(=O)c1ccc(OCc2cc(COc3cc(N(C)P)c(C(=O)N4CCc5ccccc54)cc3OC)cc([N+](=O)[O-])c2)c(OC)c1. The van der Waals surface area contributed by atoms with E-state index < -0.39 is 4.92 Å². The summed E-state index contributed by atoms with van der Waals surface area (Å²) in [6, 6.07) is 28.4. The van der Waals surface area contributed by atoms with Crippen LogP contribution in [0.15, 0.2) is 102 Å². The molecule has 2 aliphatic heterocycles. The molecule has 2 amide bonds. The number of amides is 2. The summed E-state index contributed by atoms with van der Waals surface area (Å²) in [5, 5.41) is 12.0. The van der Waals surface area contributed by atoms with Gasteiger partial charge in [0.15, 0.2) is 23.0 Å². The molecule has 2 unspecified atom stereocenters. The third-order valence-corrected chi connectivity index (χ3v) is 10.3. The van der Waals surface area contributed by atoms with Crippen LogP contribution in [0.5, 0.6) is 23.0 Å². The number of hydrogen-bond acceptors (Lipinski definition) is 10. The van der Waals surface area contributed by atoms with Crippen LogP contribution in [0.4, 0.5) is 22.7 Å². The van der Waals surface area contributed by atoms with Crippen molar-refractivity contribution < 1.29 is 33.5 Å². The fourth-order valence-electron chi connectivity index (χ4n) is 7.34. The molecule has 0 saturated carbocycles. The van der Waals surface area contributed by atoms with Crippen LogP contribution in [0.1, 0.15) is 43.0 Å². The lowest BCUT2D eigenvalue weighted by Gasteiger charge is -2.24. The predicted molar refractivity (Wildman–Crippen MR) is 223 cm³/mol. The van der Waals surface area contributed by atoms with Gasteiger partial charge in [-0.1, -0.05) is 36.4 Å². The van der Waals surface area contributed by atoms with E-state index in [4.69, 9.17) is 18.9 Å². The summed E-state index contributed by atoms with van der Waals surface area (Å²) < 4.78 is 25.4. The number of benzene rings is 5. The Morgan fingerprint density at radius 2 is 1.49 bits per heavy atom. The fourth-order valence-corrected chi connectivity index (χ4v) is 7.55. The second-order valence-electron chi connectivity index (χ2n) is 13.7. The van der Waals surface area contributed by atoms with Gasteiger partial charge in [0.1, 0.15) is 13.2 Å². The number of anilines is 3. The molecular weight excluding hydrogens is 745 g/mol. The molecule has 0 spiro atoms. The maximum absolute atomic E-state index is 13.9. The van der Waals surface area contributed by atoms with Crippen molar-refractivity contribution in [1.82, 2.24) is 0 Å². The van der Waals surface area contributed by atoms with Crippen LogP contribution in [0.3, 0.4) is 0 Å². The molecule has 2 atom stereocenters. The summed E-state index contributed by atoms with van der Waals surface area (Å²) in [5.74, 6) is 1.02. The lowest BCUT2D eigenvalue weighted by molar-refractivity contribution is -0.385. The molecule has 0 fully saturated rings. The molecule has 2 heterocycles. The second kappa shape index (κ2) is 16.7. The van der Waals surface area contributed by atoms with Crippen molar-refractivity contribution in [3.8, 4) is 23.0 Å². The number of carbonyl (C=O) groups is 2. The lowest BCUT2D eigenvalue weighted by atomic mass is 10.1. The first-order chi connectivity index (χ1) is 27.6. The molecule has 0 saturated heterocycles. The maximum Gasteiger partial charge on any atom is 0.270 e. The lowest BCUT2D eigenvalue weighted by Crippen LogP contribution is -2.38. The quantitative estimate of drug-likeness (QED) is 0.0515. The first kappa shape index (κ1) is 38.8. The summed E-state index contributed by atoms with van der Waals surface area (Å²) in [7, 11) is 9.05. The van der Waals surface area contributed by atoms with Crippen LogP contribution in [0, 0.1) is 10.1 Å². The molecule has 0 aliphatic carbocycles. The van der Waals surface area contributed by atoms with Crippen LogP contribution >= 0.6 is 9.39 Å². The van der Waals surface area contributed by atoms with Crippen LogP contribution in [-0.4, -0.2) is 63.9 Å². The number of nitro groups is 1. The van der Waals surface area contributed by atoms with Gasteiger partial charge in [-0.25, -0.2) is 0 Å². The van der Waals surface area contributed by atoms with Crippen LogP contribution in [0.2, 0.25) is 0 Å². The summed E-state index contributed by atoms with van der Waals surface area (Å²) in [5.41, 5.74) is 6.24. The van der Waals surface area contributed by atoms with E-state index in [1.54, 1.807) is 64.1 Å². The van der Waals surface area contributed by atoms with E-state index in [9.17, 15) is 19.7 Å². The van der Waals surface area contributed by atoms with Gasteiger partial charge in [0, 0.05) is 68.4 Å². The minimum absolute atomic E-state index is 0.0331. The van der Waals surface area contributed by atoms with Crippen LogP contribution in [0.25, 0.3) is 0 Å². The number of hydrogen-bond donors (Lipinski definition) is 0. The summed E-state index contributed by atoms with van der Waals surface area (Å²) >= 11 is 0. The number of fused-ring (bicyclic) bond motifs is 2. The van der Waals surface area contributed by atoms with Crippen molar-refractivity contribution in [2.45, 2.75) is 32.1 Å². The van der Waals surface area contributed by atoms with Gasteiger partial charge < -0.3 is 28.5 Å². The highest BCUT2D eigenvalue weighted by Gasteiger charge is 2.34. The highest BCUT2D eigenvalue weighted by Crippen LogP contribution is 2.40. The third kappa shape index (κ3) is 7.97. The van der Waals surface area contributed by atoms with Gasteiger partial charge in [0.25, 0.3) is 17.5 Å². The average Bonchev–Trinajstić information content (AvgIpc) is 3.83. The highest BCUT2D eigenvalue weighted by molar-refractivity contribution is 7.19. The van der Waals surface area contributed by atoms with E-state index in [1.165, 1.54) is 26.4 Å². The normalized spacial score (nSPS) is 14.3. The number of para-hydroxylation sites is 2. The molecule has 13 nitrogen and oxygen atoms in total. The number of carbonyl (C=O) groups excluding carboxylic acids is 2. The Morgan fingerprint density at radius 3 is 2.16 bits per heavy atom. The summed E-state index contributed by atoms with van der Waals surface area (Å²) in [6.07, 6.45) is 3.21. The van der Waals surface area contributed by atoms with E-state index in [-0.39, 0.29) is 36.8 Å². The van der Waals surface area contributed by atoms with Gasteiger partial charge in [0.05, 0.1) is 36.4 Å². The van der Waals surface area contributed by atoms with Gasteiger partial charge in [-0.05, 0) is 80.5 Å². The van der Waals surface area contributed by atoms with Crippen molar-refractivity contribution in [3.63, 3.8) is 0 Å². The Morgan fingerprint density at radius 1 is 0.842 bits per heavy atom. The second-order valence-corrected chi connectivity index (χ2v) is 14.4. The average molecular weight is 788 g/mol. The van der Waals surface area contributed by atoms with E-state index in [1.807, 2.05) is 55.6 Å². The van der Waals surface area contributed by atoms with Gasteiger partial charge in [-0.15, -0.1) is 0 Å². The minimum atomic E-state index is -0.472. The largest absolute Gasteiger partial charge is 0.493 e. The Bertz CT molecular complexity index is 2380. The third-order valence-electron chi connectivity index (χ3n) is 10.0. The first-order valence-corrected chi connectivity index (χ1v) is 18.8. The minimum Gasteiger partial charge on any atom is -0.493 e. The van der Waals surface area contributed by atoms with E-state index in [0.29, 0.717) is 63.9 Å². The Kier molecular flexibility index (Phi) is 11.4. The number of nitro benzene ring substituents is 1. The maximum atomic E-state index is 13.9. The van der Waals surface area contributed by atoms with Crippen LogP contribution in [-0.2, 0) is 26.1 Å². The molecule has 5 aromatic rings. The monoisotopic (exact) mass is 787 g/mol. The number of aliphatic imine (C=N–C) groups is 1. The van der Waals surface area contributed by atoms with Crippen LogP contribution < -0.4 is 33.4 Å². The molecule has 0 bridgehead atoms. The van der Waals surface area contributed by atoms with Crippen molar-refractivity contribution in [2.75, 3.05) is 49.3 Å². The fraction of sp³-hybridized carbons (Fsp3) is 0.233. The number of ether oxygens (including phenoxy) is 4. The molecule has 5 aromatic carbocycles. The Labute approximate surface area is 332 Å². The predicted octanol–water partition coefficient (Wildman–Crippen LogP) is 7.47. The molecule has 292 valence electrons. The zero-order valence-corrected chi connectivity index (χ0v) is 33.2.